The zero-order chi connectivity index (χ0) is 13.4. The number of anilines is 2. The average Bonchev–Trinajstić information content (AvgIpc) is 2.36. The van der Waals surface area contributed by atoms with Crippen molar-refractivity contribution in [2.75, 3.05) is 18.2 Å². The molecule has 1 atom stereocenters. The molecule has 0 bridgehead atoms. The number of nitrogens with two attached hydrogens (primary N) is 1. The van der Waals surface area contributed by atoms with Crippen molar-refractivity contribution in [3.05, 3.63) is 6.33 Å². The van der Waals surface area contributed by atoms with Gasteiger partial charge < -0.3 is 15.8 Å². The van der Waals surface area contributed by atoms with E-state index >= 15 is 0 Å². The summed E-state index contributed by atoms with van der Waals surface area (Å²) in [5.74, 6) is 1.61. The summed E-state index contributed by atoms with van der Waals surface area (Å²) >= 11 is 0. The van der Waals surface area contributed by atoms with E-state index in [1.54, 1.807) is 7.11 Å². The third-order valence-electron chi connectivity index (χ3n) is 2.92. The van der Waals surface area contributed by atoms with Crippen molar-refractivity contribution in [2.45, 2.75) is 52.0 Å². The molecule has 0 spiro atoms. The fourth-order valence-corrected chi connectivity index (χ4v) is 1.97. The van der Waals surface area contributed by atoms with Crippen LogP contribution in [0, 0.1) is 0 Å². The quantitative estimate of drug-likeness (QED) is 0.744. The Bertz CT molecular complexity index is 357. The van der Waals surface area contributed by atoms with Crippen LogP contribution in [0.1, 0.15) is 46.0 Å². The van der Waals surface area contributed by atoms with E-state index in [4.69, 9.17) is 10.5 Å². The Kier molecular flexibility index (Phi) is 6.25. The first-order valence-electron chi connectivity index (χ1n) is 6.63. The molecule has 18 heavy (non-hydrogen) atoms. The zero-order valence-corrected chi connectivity index (χ0v) is 11.6. The van der Waals surface area contributed by atoms with Gasteiger partial charge in [-0.2, -0.15) is 0 Å². The van der Waals surface area contributed by atoms with E-state index in [1.807, 2.05) is 0 Å². The lowest BCUT2D eigenvalue weighted by molar-refractivity contribution is 0.414. The van der Waals surface area contributed by atoms with E-state index in [9.17, 15) is 0 Å². The molecule has 1 aromatic heterocycles. The van der Waals surface area contributed by atoms with Crippen LogP contribution in [0.3, 0.4) is 0 Å². The number of unbranched alkanes of at least 4 members (excludes halogenated alkanes) is 1. The minimum absolute atomic E-state index is 0.376. The van der Waals surface area contributed by atoms with Crippen LogP contribution in [0.15, 0.2) is 6.33 Å². The zero-order valence-electron chi connectivity index (χ0n) is 11.6. The van der Waals surface area contributed by atoms with E-state index in [-0.39, 0.29) is 0 Å². The highest BCUT2D eigenvalue weighted by atomic mass is 16.5. The summed E-state index contributed by atoms with van der Waals surface area (Å²) in [5, 5.41) is 3.42. The number of hydrogen-bond acceptors (Lipinski definition) is 5. The lowest BCUT2D eigenvalue weighted by Crippen LogP contribution is -2.20. The summed E-state index contributed by atoms with van der Waals surface area (Å²) in [6, 6.07) is 0.415. The normalized spacial score (nSPS) is 12.2. The fraction of sp³-hybridized carbons (Fsp3) is 0.692. The Morgan fingerprint density at radius 3 is 2.67 bits per heavy atom. The number of hydrogen-bond donors (Lipinski definition) is 2. The summed E-state index contributed by atoms with van der Waals surface area (Å²) in [6.45, 7) is 4.39. The second-order valence-corrected chi connectivity index (χ2v) is 4.41. The van der Waals surface area contributed by atoms with Crippen molar-refractivity contribution in [3.63, 3.8) is 0 Å². The first kappa shape index (κ1) is 14.5. The molecule has 0 radical (unpaired) electrons. The fourth-order valence-electron chi connectivity index (χ4n) is 1.97. The number of nitrogens with one attached hydrogen (secondary N) is 1. The molecule has 5 nitrogen and oxygen atoms in total. The van der Waals surface area contributed by atoms with E-state index < -0.39 is 0 Å². The maximum Gasteiger partial charge on any atom is 0.203 e. The van der Waals surface area contributed by atoms with Gasteiger partial charge in [-0.25, -0.2) is 9.97 Å². The van der Waals surface area contributed by atoms with Crippen molar-refractivity contribution in [1.82, 2.24) is 9.97 Å². The van der Waals surface area contributed by atoms with Crippen LogP contribution in [-0.2, 0) is 0 Å². The number of methoxy groups -OCH3 is 1. The van der Waals surface area contributed by atoms with Crippen LogP contribution in [0.25, 0.3) is 0 Å². The van der Waals surface area contributed by atoms with Gasteiger partial charge in [0, 0.05) is 6.04 Å². The Morgan fingerprint density at radius 1 is 1.28 bits per heavy atom. The third-order valence-corrected chi connectivity index (χ3v) is 2.92. The Balaban J connectivity index is 2.76. The van der Waals surface area contributed by atoms with Crippen molar-refractivity contribution >= 4 is 11.6 Å². The molecule has 0 aromatic carbocycles. The van der Waals surface area contributed by atoms with Gasteiger partial charge in [-0.1, -0.05) is 33.1 Å². The van der Waals surface area contributed by atoms with Crippen LogP contribution in [-0.4, -0.2) is 23.1 Å². The summed E-state index contributed by atoms with van der Waals surface area (Å²) in [4.78, 5) is 8.14. The van der Waals surface area contributed by atoms with Crippen LogP contribution in [0.2, 0.25) is 0 Å². The summed E-state index contributed by atoms with van der Waals surface area (Å²) in [5.41, 5.74) is 5.77. The monoisotopic (exact) mass is 252 g/mol. The molecule has 1 rings (SSSR count). The molecule has 0 aliphatic heterocycles. The Labute approximate surface area is 109 Å². The molecule has 1 heterocycles. The van der Waals surface area contributed by atoms with Crippen molar-refractivity contribution < 1.29 is 4.74 Å². The maximum absolute atomic E-state index is 5.77. The minimum atomic E-state index is 0.376. The van der Waals surface area contributed by atoms with Gasteiger partial charge in [-0.3, -0.25) is 0 Å². The summed E-state index contributed by atoms with van der Waals surface area (Å²) in [6.07, 6.45) is 7.27. The highest BCUT2D eigenvalue weighted by Crippen LogP contribution is 2.28. The van der Waals surface area contributed by atoms with Crippen LogP contribution < -0.4 is 15.8 Å². The Morgan fingerprint density at radius 2 is 2.06 bits per heavy atom. The minimum Gasteiger partial charge on any atom is -0.490 e. The standard InChI is InChI=1S/C13H24N4O/c1-4-6-8-10(7-5-2)17-13-11(18-3)12(14)15-9-16-13/h9-10H,4-8H2,1-3H3,(H3,14,15,16,17). The average molecular weight is 252 g/mol. The van der Waals surface area contributed by atoms with Crippen molar-refractivity contribution in [1.29, 1.82) is 0 Å². The van der Waals surface area contributed by atoms with E-state index in [0.29, 0.717) is 23.4 Å². The smallest absolute Gasteiger partial charge is 0.203 e. The molecule has 0 aliphatic carbocycles. The summed E-state index contributed by atoms with van der Waals surface area (Å²) in [7, 11) is 1.58. The maximum atomic E-state index is 5.77. The third kappa shape index (κ3) is 4.05. The van der Waals surface area contributed by atoms with Crippen LogP contribution in [0.5, 0.6) is 5.75 Å². The van der Waals surface area contributed by atoms with Crippen molar-refractivity contribution in [2.24, 2.45) is 0 Å². The first-order chi connectivity index (χ1) is 8.72. The summed E-state index contributed by atoms with van der Waals surface area (Å²) < 4.78 is 5.25. The highest BCUT2D eigenvalue weighted by molar-refractivity contribution is 5.61. The largest absolute Gasteiger partial charge is 0.490 e. The second kappa shape index (κ2) is 7.74. The van der Waals surface area contributed by atoms with Gasteiger partial charge in [0.05, 0.1) is 7.11 Å². The van der Waals surface area contributed by atoms with Gasteiger partial charge in [0.25, 0.3) is 0 Å². The molecule has 1 unspecified atom stereocenters. The molecular weight excluding hydrogens is 228 g/mol. The highest BCUT2D eigenvalue weighted by Gasteiger charge is 2.14. The van der Waals surface area contributed by atoms with Gasteiger partial charge >= 0.3 is 0 Å². The van der Waals surface area contributed by atoms with E-state index in [0.717, 1.165) is 19.3 Å². The van der Waals surface area contributed by atoms with Crippen molar-refractivity contribution in [3.8, 4) is 5.75 Å². The van der Waals surface area contributed by atoms with Gasteiger partial charge in [-0.15, -0.1) is 0 Å². The SMILES string of the molecule is CCCCC(CCC)Nc1ncnc(N)c1OC. The predicted octanol–water partition coefficient (Wildman–Crippen LogP) is 2.84. The van der Waals surface area contributed by atoms with E-state index in [1.165, 1.54) is 19.2 Å². The molecule has 0 amide bonds. The topological polar surface area (TPSA) is 73.1 Å². The lowest BCUT2D eigenvalue weighted by atomic mass is 10.1. The molecule has 0 fully saturated rings. The first-order valence-corrected chi connectivity index (χ1v) is 6.63. The molecule has 0 saturated heterocycles. The predicted molar refractivity (Wildman–Crippen MR) is 74.8 cm³/mol. The molecule has 5 heteroatoms. The molecule has 1 aromatic rings. The molecular formula is C13H24N4O. The molecule has 0 aliphatic rings. The number of aromatic nitrogens is 2. The van der Waals surface area contributed by atoms with E-state index in [2.05, 4.69) is 29.1 Å². The number of nitrogens with zero attached hydrogens (tertiary/aromatic N) is 2. The van der Waals surface area contributed by atoms with Gasteiger partial charge in [0.2, 0.25) is 5.75 Å². The van der Waals surface area contributed by atoms with Gasteiger partial charge in [-0.05, 0) is 12.8 Å². The molecule has 3 N–H and O–H groups in total. The second-order valence-electron chi connectivity index (χ2n) is 4.41. The van der Waals surface area contributed by atoms with Crippen LogP contribution >= 0.6 is 0 Å². The Hall–Kier alpha value is -1.52. The molecule has 0 saturated carbocycles. The lowest BCUT2D eigenvalue weighted by Gasteiger charge is -2.20. The van der Waals surface area contributed by atoms with Crippen LogP contribution in [0.4, 0.5) is 11.6 Å². The molecule has 102 valence electrons. The number of rotatable bonds is 8. The number of nitrogen functional groups attached to an aromatic ring is 1. The van der Waals surface area contributed by atoms with Gasteiger partial charge in [0.1, 0.15) is 6.33 Å². The number of ether oxygens (including phenoxy) is 1. The van der Waals surface area contributed by atoms with Gasteiger partial charge in [0.15, 0.2) is 11.6 Å².